The summed E-state index contributed by atoms with van der Waals surface area (Å²) in [5.41, 5.74) is 0. The van der Waals surface area contributed by atoms with E-state index in [1.807, 2.05) is 0 Å². The molecule has 2 aliphatic heterocycles. The van der Waals surface area contributed by atoms with Gasteiger partial charge in [-0.05, 0) is 6.32 Å². The Bertz CT molecular complexity index is 169. The van der Waals surface area contributed by atoms with Gasteiger partial charge in [0.15, 0.2) is 0 Å². The van der Waals surface area contributed by atoms with Crippen LogP contribution in [0.5, 0.6) is 0 Å². The number of hydrogen-bond donors (Lipinski definition) is 0. The van der Waals surface area contributed by atoms with Crippen LogP contribution in [0.3, 0.4) is 0 Å². The van der Waals surface area contributed by atoms with E-state index in [2.05, 4.69) is 22.9 Å². The molecule has 12 heavy (non-hydrogen) atoms. The molecular weight excluding hydrogens is 223 g/mol. The third-order valence-corrected chi connectivity index (χ3v) is 2.90. The average Bonchev–Trinajstić information content (AvgIpc) is 2.46. The van der Waals surface area contributed by atoms with Crippen molar-refractivity contribution >= 4 is 23.0 Å². The van der Waals surface area contributed by atoms with Crippen LogP contribution in [0.1, 0.15) is 13.3 Å². The first-order valence-electron chi connectivity index (χ1n) is 4.36. The Kier molecular flexibility index (Phi) is 2.74. The van der Waals surface area contributed by atoms with E-state index in [-0.39, 0.29) is 24.3 Å². The van der Waals surface area contributed by atoms with Gasteiger partial charge < -0.3 is 14.0 Å². The SMILES string of the molecule is CCB1OC2COC(Br)CC2O1. The fourth-order valence-electron chi connectivity index (χ4n) is 1.59. The van der Waals surface area contributed by atoms with Gasteiger partial charge in [0, 0.05) is 6.42 Å². The predicted molar refractivity (Wildman–Crippen MR) is 49.3 cm³/mol. The molecule has 0 aromatic rings. The molecule has 0 saturated carbocycles. The maximum atomic E-state index is 5.65. The van der Waals surface area contributed by atoms with E-state index in [1.54, 1.807) is 0 Å². The Morgan fingerprint density at radius 2 is 2.17 bits per heavy atom. The van der Waals surface area contributed by atoms with Gasteiger partial charge in [0.25, 0.3) is 0 Å². The molecule has 68 valence electrons. The van der Waals surface area contributed by atoms with Gasteiger partial charge in [-0.1, -0.05) is 22.9 Å². The lowest BCUT2D eigenvalue weighted by molar-refractivity contribution is -0.0314. The second kappa shape index (κ2) is 3.66. The van der Waals surface area contributed by atoms with Crippen molar-refractivity contribution in [2.75, 3.05) is 6.61 Å². The highest BCUT2D eigenvalue weighted by Crippen LogP contribution is 2.29. The van der Waals surface area contributed by atoms with Crippen LogP contribution in [0, 0.1) is 0 Å². The molecule has 0 bridgehead atoms. The van der Waals surface area contributed by atoms with E-state index in [9.17, 15) is 0 Å². The normalized spacial score (nSPS) is 41.5. The third-order valence-electron chi connectivity index (χ3n) is 2.26. The van der Waals surface area contributed by atoms with Crippen LogP contribution in [0.15, 0.2) is 0 Å². The molecule has 2 fully saturated rings. The molecule has 0 N–H and O–H groups in total. The lowest BCUT2D eigenvalue weighted by Crippen LogP contribution is -2.36. The highest BCUT2D eigenvalue weighted by Gasteiger charge is 2.42. The largest absolute Gasteiger partial charge is 0.457 e. The fourth-order valence-corrected chi connectivity index (χ4v) is 2.11. The maximum absolute atomic E-state index is 5.65. The first-order chi connectivity index (χ1) is 5.79. The summed E-state index contributed by atoms with van der Waals surface area (Å²) in [6.45, 7) is 2.71. The molecule has 0 spiro atoms. The van der Waals surface area contributed by atoms with E-state index in [4.69, 9.17) is 14.0 Å². The van der Waals surface area contributed by atoms with E-state index in [0.717, 1.165) is 12.7 Å². The summed E-state index contributed by atoms with van der Waals surface area (Å²) >= 11 is 3.41. The molecule has 2 rings (SSSR count). The maximum Gasteiger partial charge on any atom is 0.457 e. The van der Waals surface area contributed by atoms with Crippen molar-refractivity contribution in [3.63, 3.8) is 0 Å². The fraction of sp³-hybridized carbons (Fsp3) is 1.00. The Morgan fingerprint density at radius 1 is 1.42 bits per heavy atom. The van der Waals surface area contributed by atoms with E-state index < -0.39 is 0 Å². The Hall–Kier alpha value is 0.425. The van der Waals surface area contributed by atoms with Crippen molar-refractivity contribution < 1.29 is 14.0 Å². The number of rotatable bonds is 1. The van der Waals surface area contributed by atoms with Crippen LogP contribution in [-0.2, 0) is 14.0 Å². The van der Waals surface area contributed by atoms with Gasteiger partial charge in [0.05, 0.1) is 18.8 Å². The van der Waals surface area contributed by atoms with E-state index >= 15 is 0 Å². The second-order valence-corrected chi connectivity index (χ2v) is 4.19. The Labute approximate surface area is 81.0 Å². The number of hydrogen-bond acceptors (Lipinski definition) is 3. The van der Waals surface area contributed by atoms with E-state index in [1.165, 1.54) is 0 Å². The zero-order valence-electron chi connectivity index (χ0n) is 7.03. The van der Waals surface area contributed by atoms with Crippen LogP contribution in [-0.4, -0.2) is 30.9 Å². The van der Waals surface area contributed by atoms with Crippen LogP contribution < -0.4 is 0 Å². The first kappa shape index (κ1) is 9.00. The predicted octanol–water partition coefficient (Wildman–Crippen LogP) is 1.42. The standard InChI is InChI=1S/C7H12BBrO3/c1-2-8-11-5-3-7(9)10-4-6(5)12-8/h5-7H,2-4H2,1H3. The van der Waals surface area contributed by atoms with Crippen molar-refractivity contribution in [1.29, 1.82) is 0 Å². The number of fused-ring (bicyclic) bond motifs is 1. The monoisotopic (exact) mass is 234 g/mol. The summed E-state index contributed by atoms with van der Waals surface area (Å²) < 4.78 is 16.6. The molecule has 3 atom stereocenters. The smallest absolute Gasteiger partial charge is 0.405 e. The molecule has 2 aliphatic rings. The average molecular weight is 235 g/mol. The molecule has 3 unspecified atom stereocenters. The van der Waals surface area contributed by atoms with Crippen LogP contribution >= 0.6 is 15.9 Å². The van der Waals surface area contributed by atoms with Gasteiger partial charge in [0.2, 0.25) is 0 Å². The van der Waals surface area contributed by atoms with Crippen molar-refractivity contribution in [1.82, 2.24) is 0 Å². The van der Waals surface area contributed by atoms with Crippen molar-refractivity contribution in [3.05, 3.63) is 0 Å². The summed E-state index contributed by atoms with van der Waals surface area (Å²) in [7, 11) is -0.0126. The summed E-state index contributed by atoms with van der Waals surface area (Å²) in [5, 5.41) is 0.137. The highest BCUT2D eigenvalue weighted by atomic mass is 79.9. The first-order valence-corrected chi connectivity index (χ1v) is 5.27. The lowest BCUT2D eigenvalue weighted by Gasteiger charge is -2.27. The molecule has 0 amide bonds. The molecule has 0 aromatic heterocycles. The quantitative estimate of drug-likeness (QED) is 0.508. The van der Waals surface area contributed by atoms with Crippen LogP contribution in [0.25, 0.3) is 0 Å². The number of ether oxygens (including phenoxy) is 1. The lowest BCUT2D eigenvalue weighted by atomic mass is 9.87. The molecular formula is C7H12BBrO3. The molecule has 0 radical (unpaired) electrons. The summed E-state index contributed by atoms with van der Waals surface area (Å²) in [6, 6.07) is 0. The molecule has 5 heteroatoms. The van der Waals surface area contributed by atoms with Crippen molar-refractivity contribution in [2.24, 2.45) is 0 Å². The van der Waals surface area contributed by atoms with Gasteiger partial charge >= 0.3 is 7.12 Å². The Morgan fingerprint density at radius 3 is 2.92 bits per heavy atom. The summed E-state index contributed by atoms with van der Waals surface area (Å²) in [4.78, 5) is 0. The number of alkyl halides is 1. The minimum absolute atomic E-state index is 0.0126. The molecule has 3 nitrogen and oxygen atoms in total. The van der Waals surface area contributed by atoms with Crippen molar-refractivity contribution in [2.45, 2.75) is 36.9 Å². The topological polar surface area (TPSA) is 27.7 Å². The zero-order chi connectivity index (χ0) is 8.55. The molecule has 2 heterocycles. The molecule has 2 saturated heterocycles. The van der Waals surface area contributed by atoms with Crippen LogP contribution in [0.2, 0.25) is 6.32 Å². The zero-order valence-corrected chi connectivity index (χ0v) is 8.62. The van der Waals surface area contributed by atoms with Gasteiger partial charge in [-0.3, -0.25) is 0 Å². The van der Waals surface area contributed by atoms with Gasteiger partial charge in [-0.25, -0.2) is 0 Å². The third kappa shape index (κ3) is 1.69. The van der Waals surface area contributed by atoms with E-state index in [0.29, 0.717) is 6.61 Å². The number of halogens is 1. The highest BCUT2D eigenvalue weighted by molar-refractivity contribution is 9.09. The summed E-state index contributed by atoms with van der Waals surface area (Å²) in [5.74, 6) is 0. The second-order valence-electron chi connectivity index (χ2n) is 3.17. The van der Waals surface area contributed by atoms with Gasteiger partial charge in [0.1, 0.15) is 5.01 Å². The summed E-state index contributed by atoms with van der Waals surface area (Å²) in [6.07, 6.45) is 2.19. The minimum Gasteiger partial charge on any atom is -0.405 e. The van der Waals surface area contributed by atoms with Gasteiger partial charge in [-0.2, -0.15) is 0 Å². The van der Waals surface area contributed by atoms with Crippen molar-refractivity contribution in [3.8, 4) is 0 Å². The molecule has 0 aromatic carbocycles. The minimum atomic E-state index is -0.0126. The van der Waals surface area contributed by atoms with Gasteiger partial charge in [-0.15, -0.1) is 0 Å². The Balaban J connectivity index is 1.93. The van der Waals surface area contributed by atoms with Crippen LogP contribution in [0.4, 0.5) is 0 Å². The molecule has 0 aliphatic carbocycles.